The minimum absolute atomic E-state index is 0.454. The Kier molecular flexibility index (Phi) is 2.66. The summed E-state index contributed by atoms with van der Waals surface area (Å²) in [6.07, 6.45) is 0. The second-order valence-corrected chi connectivity index (χ2v) is 2.92. The summed E-state index contributed by atoms with van der Waals surface area (Å²) in [6.45, 7) is 4.26. The summed E-state index contributed by atoms with van der Waals surface area (Å²) in [4.78, 5) is 0. The fourth-order valence-electron chi connectivity index (χ4n) is 1.02. The molecule has 1 N–H and O–H groups in total. The summed E-state index contributed by atoms with van der Waals surface area (Å²) in [5, 5.41) is 3.20. The van der Waals surface area contributed by atoms with Crippen LogP contribution in [0.3, 0.4) is 0 Å². The molecule has 1 rings (SSSR count). The molecular formula is C10H15N. The molecule has 1 aromatic rings. The molecule has 0 heterocycles. The van der Waals surface area contributed by atoms with E-state index in [1.54, 1.807) is 0 Å². The molecule has 11 heavy (non-hydrogen) atoms. The summed E-state index contributed by atoms with van der Waals surface area (Å²) < 4.78 is 0. The number of hydrogen-bond donors (Lipinski definition) is 1. The van der Waals surface area contributed by atoms with Crippen molar-refractivity contribution in [3.05, 3.63) is 35.4 Å². The van der Waals surface area contributed by atoms with Gasteiger partial charge in [-0.25, -0.2) is 0 Å². The molecule has 0 aromatic heterocycles. The van der Waals surface area contributed by atoms with Gasteiger partial charge in [0.1, 0.15) is 0 Å². The zero-order valence-corrected chi connectivity index (χ0v) is 7.39. The maximum Gasteiger partial charge on any atom is 0.0289 e. The van der Waals surface area contributed by atoms with Crippen molar-refractivity contribution in [2.75, 3.05) is 7.05 Å². The van der Waals surface area contributed by atoms with Gasteiger partial charge in [0.05, 0.1) is 0 Å². The molecule has 0 radical (unpaired) electrons. The van der Waals surface area contributed by atoms with E-state index in [-0.39, 0.29) is 0 Å². The molecule has 0 saturated carbocycles. The molecule has 0 bridgehead atoms. The zero-order valence-electron chi connectivity index (χ0n) is 7.39. The maximum absolute atomic E-state index is 3.20. The Labute approximate surface area is 68.4 Å². The molecule has 1 heteroatoms. The van der Waals surface area contributed by atoms with E-state index in [2.05, 4.69) is 43.4 Å². The van der Waals surface area contributed by atoms with Crippen molar-refractivity contribution in [2.24, 2.45) is 0 Å². The first-order chi connectivity index (χ1) is 5.24. The average Bonchev–Trinajstić information content (AvgIpc) is 2.05. The van der Waals surface area contributed by atoms with Crippen LogP contribution in [0.2, 0.25) is 0 Å². The largest absolute Gasteiger partial charge is 0.313 e. The van der Waals surface area contributed by atoms with Crippen molar-refractivity contribution in [3.8, 4) is 0 Å². The Morgan fingerprint density at radius 3 is 2.18 bits per heavy atom. The van der Waals surface area contributed by atoms with Gasteiger partial charge in [-0.15, -0.1) is 0 Å². The van der Waals surface area contributed by atoms with Gasteiger partial charge >= 0.3 is 0 Å². The van der Waals surface area contributed by atoms with Crippen LogP contribution in [-0.2, 0) is 0 Å². The van der Waals surface area contributed by atoms with E-state index in [0.717, 1.165) is 0 Å². The van der Waals surface area contributed by atoms with Crippen molar-refractivity contribution < 1.29 is 0 Å². The third-order valence-electron chi connectivity index (χ3n) is 2.01. The lowest BCUT2D eigenvalue weighted by molar-refractivity contribution is 0.652. The quantitative estimate of drug-likeness (QED) is 0.680. The maximum atomic E-state index is 3.20. The van der Waals surface area contributed by atoms with Gasteiger partial charge in [-0.2, -0.15) is 0 Å². The highest BCUT2D eigenvalue weighted by Crippen LogP contribution is 2.11. The van der Waals surface area contributed by atoms with Gasteiger partial charge in [0, 0.05) is 6.04 Å². The standard InChI is InChI=1S/C10H15N/c1-8-4-6-10(7-5-8)9(2)11-3/h4-7,9,11H,1-3H3/t9-/m1/s1. The first-order valence-electron chi connectivity index (χ1n) is 3.98. The van der Waals surface area contributed by atoms with Gasteiger partial charge in [0.15, 0.2) is 0 Å². The summed E-state index contributed by atoms with van der Waals surface area (Å²) in [7, 11) is 1.98. The van der Waals surface area contributed by atoms with Gasteiger partial charge in [0.25, 0.3) is 0 Å². The monoisotopic (exact) mass is 149 g/mol. The van der Waals surface area contributed by atoms with Crippen molar-refractivity contribution in [1.82, 2.24) is 5.32 Å². The topological polar surface area (TPSA) is 12.0 Å². The van der Waals surface area contributed by atoms with Crippen LogP contribution >= 0.6 is 0 Å². The van der Waals surface area contributed by atoms with Crippen LogP contribution in [0.1, 0.15) is 24.1 Å². The summed E-state index contributed by atoms with van der Waals surface area (Å²) in [6, 6.07) is 9.06. The lowest BCUT2D eigenvalue weighted by Gasteiger charge is -2.09. The van der Waals surface area contributed by atoms with Gasteiger partial charge in [-0.1, -0.05) is 29.8 Å². The second kappa shape index (κ2) is 3.54. The molecule has 1 atom stereocenters. The highest BCUT2D eigenvalue weighted by Gasteiger charge is 1.99. The predicted octanol–water partition coefficient (Wildman–Crippen LogP) is 2.28. The fraction of sp³-hybridized carbons (Fsp3) is 0.400. The highest BCUT2D eigenvalue weighted by molar-refractivity contribution is 5.23. The highest BCUT2D eigenvalue weighted by atomic mass is 14.8. The summed E-state index contributed by atoms with van der Waals surface area (Å²) in [5.41, 5.74) is 2.66. The van der Waals surface area contributed by atoms with Crippen molar-refractivity contribution >= 4 is 0 Å². The molecule has 60 valence electrons. The number of rotatable bonds is 2. The van der Waals surface area contributed by atoms with Crippen LogP contribution in [-0.4, -0.2) is 7.05 Å². The lowest BCUT2D eigenvalue weighted by atomic mass is 10.1. The molecule has 0 amide bonds. The molecule has 0 aliphatic heterocycles. The zero-order chi connectivity index (χ0) is 8.27. The summed E-state index contributed by atoms with van der Waals surface area (Å²) in [5.74, 6) is 0. The normalized spacial score (nSPS) is 13.0. The Hall–Kier alpha value is -0.820. The Morgan fingerprint density at radius 1 is 1.18 bits per heavy atom. The van der Waals surface area contributed by atoms with Crippen LogP contribution in [0.15, 0.2) is 24.3 Å². The lowest BCUT2D eigenvalue weighted by Crippen LogP contribution is -2.11. The number of aryl methyl sites for hydroxylation is 1. The molecule has 0 spiro atoms. The third-order valence-corrected chi connectivity index (χ3v) is 2.01. The second-order valence-electron chi connectivity index (χ2n) is 2.92. The first-order valence-corrected chi connectivity index (χ1v) is 3.98. The van der Waals surface area contributed by atoms with Gasteiger partial charge < -0.3 is 5.32 Å². The predicted molar refractivity (Wildman–Crippen MR) is 48.7 cm³/mol. The van der Waals surface area contributed by atoms with Gasteiger partial charge in [0.2, 0.25) is 0 Å². The molecule has 0 fully saturated rings. The van der Waals surface area contributed by atoms with E-state index in [1.807, 2.05) is 7.05 Å². The molecule has 0 aliphatic carbocycles. The van der Waals surface area contributed by atoms with E-state index in [4.69, 9.17) is 0 Å². The summed E-state index contributed by atoms with van der Waals surface area (Å²) >= 11 is 0. The fourth-order valence-corrected chi connectivity index (χ4v) is 1.02. The molecule has 1 aromatic carbocycles. The molecular weight excluding hydrogens is 134 g/mol. The van der Waals surface area contributed by atoms with Gasteiger partial charge in [-0.05, 0) is 26.5 Å². The molecule has 0 saturated heterocycles. The minimum Gasteiger partial charge on any atom is -0.313 e. The van der Waals surface area contributed by atoms with Crippen LogP contribution in [0.5, 0.6) is 0 Å². The Morgan fingerprint density at radius 2 is 1.73 bits per heavy atom. The van der Waals surface area contributed by atoms with Crippen molar-refractivity contribution in [2.45, 2.75) is 19.9 Å². The Bertz CT molecular complexity index is 213. The molecule has 1 nitrogen and oxygen atoms in total. The number of nitrogens with one attached hydrogen (secondary N) is 1. The van der Waals surface area contributed by atoms with E-state index in [1.165, 1.54) is 11.1 Å². The number of benzene rings is 1. The molecule has 0 aliphatic rings. The average molecular weight is 149 g/mol. The van der Waals surface area contributed by atoms with Crippen LogP contribution in [0.25, 0.3) is 0 Å². The third kappa shape index (κ3) is 2.05. The molecule has 0 unspecified atom stereocenters. The minimum atomic E-state index is 0.454. The van der Waals surface area contributed by atoms with E-state index >= 15 is 0 Å². The SMILES string of the molecule is CN[C@H](C)c1ccc(C)cc1. The smallest absolute Gasteiger partial charge is 0.0289 e. The van der Waals surface area contributed by atoms with Crippen LogP contribution < -0.4 is 5.32 Å². The van der Waals surface area contributed by atoms with Gasteiger partial charge in [-0.3, -0.25) is 0 Å². The van der Waals surface area contributed by atoms with E-state index in [9.17, 15) is 0 Å². The first kappa shape index (κ1) is 8.28. The van der Waals surface area contributed by atoms with Crippen molar-refractivity contribution in [3.63, 3.8) is 0 Å². The van der Waals surface area contributed by atoms with E-state index in [0.29, 0.717) is 6.04 Å². The number of hydrogen-bond acceptors (Lipinski definition) is 1. The van der Waals surface area contributed by atoms with Crippen molar-refractivity contribution in [1.29, 1.82) is 0 Å². The van der Waals surface area contributed by atoms with Crippen LogP contribution in [0, 0.1) is 6.92 Å². The van der Waals surface area contributed by atoms with E-state index < -0.39 is 0 Å². The van der Waals surface area contributed by atoms with Crippen LogP contribution in [0.4, 0.5) is 0 Å². The Balaban J connectivity index is 2.81.